The molecule has 1 fully saturated rings. The molecular weight excluding hydrogens is 372 g/mol. The van der Waals surface area contributed by atoms with Gasteiger partial charge in [0.1, 0.15) is 12.2 Å². The minimum Gasteiger partial charge on any atom is -0.490 e. The highest BCUT2D eigenvalue weighted by Crippen LogP contribution is 2.30. The zero-order valence-corrected chi connectivity index (χ0v) is 16.5. The Balaban J connectivity index is 1.87. The molecule has 0 radical (unpaired) electrons. The van der Waals surface area contributed by atoms with Crippen LogP contribution in [0.5, 0.6) is 11.5 Å². The summed E-state index contributed by atoms with van der Waals surface area (Å²) in [6.07, 6.45) is 1.45. The summed E-state index contributed by atoms with van der Waals surface area (Å²) in [6.45, 7) is 2.67. The van der Waals surface area contributed by atoms with E-state index in [1.807, 2.05) is 37.3 Å². The molecule has 0 saturated carbocycles. The first-order valence-electron chi connectivity index (χ1n) is 9.17. The van der Waals surface area contributed by atoms with Gasteiger partial charge in [0.2, 0.25) is 0 Å². The number of rotatable bonds is 6. The third-order valence-electron chi connectivity index (χ3n) is 4.46. The Labute approximate surface area is 169 Å². The smallest absolute Gasteiger partial charge is 0.333 e. The van der Waals surface area contributed by atoms with Gasteiger partial charge in [0, 0.05) is 14.1 Å². The molecule has 29 heavy (non-hydrogen) atoms. The second-order valence-corrected chi connectivity index (χ2v) is 6.48. The summed E-state index contributed by atoms with van der Waals surface area (Å²) in [5.41, 5.74) is 1.53. The molecule has 0 bridgehead atoms. The first-order chi connectivity index (χ1) is 13.9. The van der Waals surface area contributed by atoms with Crippen molar-refractivity contribution in [3.63, 3.8) is 0 Å². The Bertz CT molecular complexity index is 942. The van der Waals surface area contributed by atoms with Crippen LogP contribution in [0.2, 0.25) is 0 Å². The van der Waals surface area contributed by atoms with Gasteiger partial charge in [-0.05, 0) is 36.3 Å². The lowest BCUT2D eigenvalue weighted by Crippen LogP contribution is -2.52. The molecule has 0 atom stereocenters. The molecule has 0 N–H and O–H groups in total. The van der Waals surface area contributed by atoms with E-state index in [0.717, 1.165) is 15.4 Å². The van der Waals surface area contributed by atoms with Gasteiger partial charge in [-0.3, -0.25) is 19.4 Å². The maximum Gasteiger partial charge on any atom is 0.333 e. The van der Waals surface area contributed by atoms with Crippen LogP contribution in [-0.2, 0) is 16.2 Å². The minimum absolute atomic E-state index is 0.0880. The predicted molar refractivity (Wildman–Crippen MR) is 107 cm³/mol. The van der Waals surface area contributed by atoms with Crippen LogP contribution in [0.15, 0.2) is 54.1 Å². The Hall–Kier alpha value is -3.61. The zero-order valence-electron chi connectivity index (χ0n) is 16.5. The van der Waals surface area contributed by atoms with Gasteiger partial charge in [-0.25, -0.2) is 4.79 Å². The molecule has 2 aromatic rings. The topological polar surface area (TPSA) is 76.2 Å². The van der Waals surface area contributed by atoms with E-state index in [9.17, 15) is 14.4 Å². The third-order valence-corrected chi connectivity index (χ3v) is 4.46. The summed E-state index contributed by atoms with van der Waals surface area (Å²) in [5, 5.41) is 0. The number of nitrogens with zero attached hydrogens (tertiary/aromatic N) is 2. The molecule has 150 valence electrons. The summed E-state index contributed by atoms with van der Waals surface area (Å²) in [4.78, 5) is 38.4. The molecule has 3 rings (SSSR count). The molecule has 1 saturated heterocycles. The SMILES string of the molecule is CCOc1cc(C=C2C(=O)N(C)C(=O)N(C)C2=O)ccc1OCc1ccccc1. The van der Waals surface area contributed by atoms with E-state index in [1.165, 1.54) is 20.2 Å². The normalized spacial score (nSPS) is 14.3. The standard InChI is InChI=1S/C22H22N2O5/c1-4-28-19-13-16(10-11-18(19)29-14-15-8-6-5-7-9-15)12-17-20(25)23(2)22(27)24(3)21(17)26/h5-13H,4,14H2,1-3H3. The molecule has 0 aliphatic carbocycles. The molecule has 2 aromatic carbocycles. The summed E-state index contributed by atoms with van der Waals surface area (Å²) in [5.74, 6) is -0.212. The van der Waals surface area contributed by atoms with Gasteiger partial charge in [0.15, 0.2) is 11.5 Å². The van der Waals surface area contributed by atoms with Crippen molar-refractivity contribution in [2.24, 2.45) is 0 Å². The monoisotopic (exact) mass is 394 g/mol. The minimum atomic E-state index is -0.656. The van der Waals surface area contributed by atoms with Gasteiger partial charge in [0.05, 0.1) is 6.61 Å². The molecule has 1 aliphatic heterocycles. The molecule has 0 unspecified atom stereocenters. The molecule has 7 nitrogen and oxygen atoms in total. The average molecular weight is 394 g/mol. The van der Waals surface area contributed by atoms with Crippen molar-refractivity contribution in [3.05, 3.63) is 65.2 Å². The summed E-state index contributed by atoms with van der Waals surface area (Å²) >= 11 is 0. The Morgan fingerprint density at radius 2 is 1.52 bits per heavy atom. The van der Waals surface area contributed by atoms with Crippen molar-refractivity contribution in [2.45, 2.75) is 13.5 Å². The number of hydrogen-bond acceptors (Lipinski definition) is 5. The Morgan fingerprint density at radius 3 is 2.14 bits per heavy atom. The average Bonchev–Trinajstić information content (AvgIpc) is 2.74. The lowest BCUT2D eigenvalue weighted by atomic mass is 10.1. The highest BCUT2D eigenvalue weighted by molar-refractivity contribution is 6.30. The number of urea groups is 1. The number of ether oxygens (including phenoxy) is 2. The van der Waals surface area contributed by atoms with Gasteiger partial charge in [-0.15, -0.1) is 0 Å². The highest BCUT2D eigenvalue weighted by Gasteiger charge is 2.37. The number of likely N-dealkylation sites (N-methyl/N-ethyl adjacent to an activating group) is 2. The van der Waals surface area contributed by atoms with E-state index in [1.54, 1.807) is 18.2 Å². The van der Waals surface area contributed by atoms with E-state index >= 15 is 0 Å². The first-order valence-corrected chi connectivity index (χ1v) is 9.17. The number of carbonyl (C=O) groups is 3. The van der Waals surface area contributed by atoms with Crippen molar-refractivity contribution >= 4 is 23.9 Å². The molecule has 0 aromatic heterocycles. The van der Waals surface area contributed by atoms with Crippen molar-refractivity contribution in [1.82, 2.24) is 9.80 Å². The van der Waals surface area contributed by atoms with Crippen molar-refractivity contribution in [3.8, 4) is 11.5 Å². The van der Waals surface area contributed by atoms with Crippen LogP contribution in [0.4, 0.5) is 4.79 Å². The van der Waals surface area contributed by atoms with E-state index in [-0.39, 0.29) is 5.57 Å². The van der Waals surface area contributed by atoms with Gasteiger partial charge in [-0.1, -0.05) is 36.4 Å². The van der Waals surface area contributed by atoms with Crippen LogP contribution in [-0.4, -0.2) is 48.3 Å². The van der Waals surface area contributed by atoms with Crippen LogP contribution in [0.25, 0.3) is 6.08 Å². The summed E-state index contributed by atoms with van der Waals surface area (Å²) in [7, 11) is 2.68. The number of barbiturate groups is 1. The van der Waals surface area contributed by atoms with Crippen molar-refractivity contribution < 1.29 is 23.9 Å². The molecule has 4 amide bonds. The molecular formula is C22H22N2O5. The molecule has 0 spiro atoms. The van der Waals surface area contributed by atoms with Crippen LogP contribution in [0, 0.1) is 0 Å². The van der Waals surface area contributed by atoms with Crippen molar-refractivity contribution in [1.29, 1.82) is 0 Å². The van der Waals surface area contributed by atoms with Crippen LogP contribution >= 0.6 is 0 Å². The number of hydrogen-bond donors (Lipinski definition) is 0. The largest absolute Gasteiger partial charge is 0.490 e. The zero-order chi connectivity index (χ0) is 21.0. The van der Waals surface area contributed by atoms with Crippen LogP contribution in [0.3, 0.4) is 0 Å². The predicted octanol–water partition coefficient (Wildman–Crippen LogP) is 3.10. The lowest BCUT2D eigenvalue weighted by Gasteiger charge is -2.28. The fourth-order valence-electron chi connectivity index (χ4n) is 2.88. The van der Waals surface area contributed by atoms with Crippen LogP contribution in [0.1, 0.15) is 18.1 Å². The van der Waals surface area contributed by atoms with E-state index in [4.69, 9.17) is 9.47 Å². The Morgan fingerprint density at radius 1 is 0.862 bits per heavy atom. The van der Waals surface area contributed by atoms with Crippen LogP contribution < -0.4 is 9.47 Å². The van der Waals surface area contributed by atoms with Gasteiger partial charge in [0.25, 0.3) is 11.8 Å². The summed E-state index contributed by atoms with van der Waals surface area (Å²) in [6, 6.07) is 14.3. The molecule has 1 heterocycles. The number of benzene rings is 2. The number of amides is 4. The van der Waals surface area contributed by atoms with Gasteiger partial charge in [-0.2, -0.15) is 0 Å². The van der Waals surface area contributed by atoms with Crippen molar-refractivity contribution in [2.75, 3.05) is 20.7 Å². The Kier molecular flexibility index (Phi) is 5.97. The van der Waals surface area contributed by atoms with E-state index in [0.29, 0.717) is 30.3 Å². The van der Waals surface area contributed by atoms with Gasteiger partial charge < -0.3 is 9.47 Å². The van der Waals surface area contributed by atoms with E-state index < -0.39 is 17.8 Å². The van der Waals surface area contributed by atoms with E-state index in [2.05, 4.69) is 0 Å². The number of carbonyl (C=O) groups excluding carboxylic acids is 3. The fourth-order valence-corrected chi connectivity index (χ4v) is 2.88. The highest BCUT2D eigenvalue weighted by atomic mass is 16.5. The fraction of sp³-hybridized carbons (Fsp3) is 0.227. The first kappa shape index (κ1) is 20.1. The molecule has 7 heteroatoms. The second kappa shape index (κ2) is 8.60. The lowest BCUT2D eigenvalue weighted by molar-refractivity contribution is -0.134. The molecule has 1 aliphatic rings. The quantitative estimate of drug-likeness (QED) is 0.556. The number of imide groups is 2. The van der Waals surface area contributed by atoms with Gasteiger partial charge >= 0.3 is 6.03 Å². The summed E-state index contributed by atoms with van der Waals surface area (Å²) < 4.78 is 11.5. The third kappa shape index (κ3) is 4.29. The maximum absolute atomic E-state index is 12.4. The second-order valence-electron chi connectivity index (χ2n) is 6.48. The maximum atomic E-state index is 12.4.